The molecule has 1 aliphatic carbocycles. The van der Waals surface area contributed by atoms with Crippen molar-refractivity contribution in [1.82, 2.24) is 20.2 Å². The first kappa shape index (κ1) is 20.6. The van der Waals surface area contributed by atoms with E-state index in [1.54, 1.807) is 12.2 Å². The topological polar surface area (TPSA) is 112 Å². The molecule has 0 saturated carbocycles. The number of carbonyl (C=O) groups excluding carboxylic acids is 2. The van der Waals surface area contributed by atoms with Gasteiger partial charge < -0.3 is 4.79 Å². The van der Waals surface area contributed by atoms with Crippen molar-refractivity contribution in [3.05, 3.63) is 46.8 Å². The van der Waals surface area contributed by atoms with E-state index in [0.29, 0.717) is 12.7 Å². The SMILES string of the molecule is CS(=O)(=O)c1ccc(C(=O)C2C(C=O)C=CCC2Cl)c(Cl)c1Cn1ncnn1. The van der Waals surface area contributed by atoms with Gasteiger partial charge in [0.05, 0.1) is 22.4 Å². The summed E-state index contributed by atoms with van der Waals surface area (Å²) in [4.78, 5) is 25.7. The quantitative estimate of drug-likeness (QED) is 0.290. The van der Waals surface area contributed by atoms with E-state index in [0.717, 1.165) is 11.1 Å². The molecule has 11 heteroatoms. The van der Waals surface area contributed by atoms with Gasteiger partial charge in [-0.25, -0.2) is 8.42 Å². The molecule has 3 atom stereocenters. The molecule has 0 aliphatic heterocycles. The van der Waals surface area contributed by atoms with Gasteiger partial charge in [-0.1, -0.05) is 23.8 Å². The number of ketones is 1. The fourth-order valence-electron chi connectivity index (χ4n) is 3.21. The fraction of sp³-hybridized carbons (Fsp3) is 0.353. The molecule has 0 saturated heterocycles. The number of aromatic nitrogens is 4. The second-order valence-electron chi connectivity index (χ2n) is 6.43. The summed E-state index contributed by atoms with van der Waals surface area (Å²) in [5, 5.41) is 10.6. The highest BCUT2D eigenvalue weighted by Crippen LogP contribution is 2.35. The number of nitrogens with zero attached hydrogens (tertiary/aromatic N) is 4. The first-order chi connectivity index (χ1) is 13.2. The first-order valence-electron chi connectivity index (χ1n) is 8.26. The molecule has 1 aliphatic rings. The molecule has 0 bridgehead atoms. The second-order valence-corrected chi connectivity index (χ2v) is 9.35. The monoisotopic (exact) mass is 442 g/mol. The number of hydrogen-bond acceptors (Lipinski definition) is 7. The molecule has 0 amide bonds. The Bertz CT molecular complexity index is 1040. The van der Waals surface area contributed by atoms with E-state index >= 15 is 0 Å². The molecule has 1 heterocycles. The normalized spacial score (nSPS) is 22.2. The van der Waals surface area contributed by atoms with Crippen LogP contribution in [0.15, 0.2) is 35.5 Å². The van der Waals surface area contributed by atoms with Crippen LogP contribution in [0.25, 0.3) is 0 Å². The van der Waals surface area contributed by atoms with Crippen molar-refractivity contribution in [2.24, 2.45) is 11.8 Å². The van der Waals surface area contributed by atoms with E-state index in [9.17, 15) is 18.0 Å². The van der Waals surface area contributed by atoms with Crippen molar-refractivity contribution in [3.8, 4) is 0 Å². The zero-order chi connectivity index (χ0) is 20.5. The summed E-state index contributed by atoms with van der Waals surface area (Å²) in [6.45, 7) is -0.0889. The number of carbonyl (C=O) groups is 2. The molecule has 28 heavy (non-hydrogen) atoms. The molecule has 1 aromatic heterocycles. The van der Waals surface area contributed by atoms with Crippen molar-refractivity contribution in [2.75, 3.05) is 6.26 Å². The maximum Gasteiger partial charge on any atom is 0.175 e. The van der Waals surface area contributed by atoms with E-state index in [1.807, 2.05) is 0 Å². The van der Waals surface area contributed by atoms with Crippen molar-refractivity contribution < 1.29 is 18.0 Å². The smallest absolute Gasteiger partial charge is 0.175 e. The summed E-state index contributed by atoms with van der Waals surface area (Å²) in [5.41, 5.74) is 0.273. The third-order valence-electron chi connectivity index (χ3n) is 4.54. The zero-order valence-electron chi connectivity index (χ0n) is 14.7. The van der Waals surface area contributed by atoms with Crippen molar-refractivity contribution in [3.63, 3.8) is 0 Å². The number of hydrogen-bond donors (Lipinski definition) is 0. The molecular weight excluding hydrogens is 427 g/mol. The average molecular weight is 443 g/mol. The van der Waals surface area contributed by atoms with E-state index in [2.05, 4.69) is 15.4 Å². The highest BCUT2D eigenvalue weighted by atomic mass is 35.5. The molecule has 0 radical (unpaired) electrons. The number of Topliss-reactive ketones (excluding diaryl/α,β-unsaturated/α-hetero) is 1. The first-order valence-corrected chi connectivity index (χ1v) is 11.0. The highest BCUT2D eigenvalue weighted by Gasteiger charge is 2.37. The van der Waals surface area contributed by atoms with E-state index in [4.69, 9.17) is 23.2 Å². The minimum absolute atomic E-state index is 0.0340. The Balaban J connectivity index is 2.10. The van der Waals surface area contributed by atoms with Crippen LogP contribution in [0.3, 0.4) is 0 Å². The Morgan fingerprint density at radius 3 is 2.75 bits per heavy atom. The maximum absolute atomic E-state index is 13.2. The lowest BCUT2D eigenvalue weighted by molar-refractivity contribution is -0.110. The summed E-state index contributed by atoms with van der Waals surface area (Å²) < 4.78 is 24.4. The third-order valence-corrected chi connectivity index (χ3v) is 6.60. The van der Waals surface area contributed by atoms with Crippen LogP contribution in [0.5, 0.6) is 0 Å². The van der Waals surface area contributed by atoms with Crippen LogP contribution in [-0.4, -0.2) is 52.3 Å². The number of halogens is 2. The standard InChI is InChI=1S/C17H16Cl2N4O4S/c1-28(26,27)14-6-5-11(16(19)12(14)7-23-21-9-20-22-23)17(25)15-10(8-24)3-2-4-13(15)18/h2-3,5-6,8-10,13,15H,4,7H2,1H3. The van der Waals surface area contributed by atoms with E-state index in [-0.39, 0.29) is 27.6 Å². The number of tetrazole rings is 1. The fourth-order valence-corrected chi connectivity index (χ4v) is 4.90. The van der Waals surface area contributed by atoms with Crippen molar-refractivity contribution in [1.29, 1.82) is 0 Å². The van der Waals surface area contributed by atoms with Crippen LogP contribution in [0.1, 0.15) is 22.3 Å². The lowest BCUT2D eigenvalue weighted by Crippen LogP contribution is -2.34. The minimum Gasteiger partial charge on any atom is -0.303 e. The van der Waals surface area contributed by atoms with Crippen LogP contribution in [0, 0.1) is 11.8 Å². The Hall–Kier alpha value is -2.10. The molecule has 3 rings (SSSR count). The van der Waals surface area contributed by atoms with Crippen molar-refractivity contribution >= 4 is 45.1 Å². The lowest BCUT2D eigenvalue weighted by atomic mass is 9.79. The molecule has 1 aromatic carbocycles. The molecule has 0 N–H and O–H groups in total. The lowest BCUT2D eigenvalue weighted by Gasteiger charge is -2.27. The van der Waals surface area contributed by atoms with Crippen LogP contribution in [0.4, 0.5) is 0 Å². The summed E-state index contributed by atoms with van der Waals surface area (Å²) >= 11 is 12.8. The Kier molecular flexibility index (Phi) is 5.97. The number of sulfone groups is 1. The molecular formula is C17H16Cl2N4O4S. The number of allylic oxidation sites excluding steroid dienone is 2. The predicted octanol–water partition coefficient (Wildman–Crippen LogP) is 1.96. The summed E-state index contributed by atoms with van der Waals surface area (Å²) in [7, 11) is -3.63. The molecule has 2 aromatic rings. The Morgan fingerprint density at radius 1 is 1.39 bits per heavy atom. The summed E-state index contributed by atoms with van der Waals surface area (Å²) in [6, 6.07) is 2.67. The van der Waals surface area contributed by atoms with Gasteiger partial charge >= 0.3 is 0 Å². The van der Waals surface area contributed by atoms with Gasteiger partial charge in [0.1, 0.15) is 6.29 Å². The van der Waals surface area contributed by atoms with Crippen molar-refractivity contribution in [2.45, 2.75) is 23.2 Å². The van der Waals surface area contributed by atoms with E-state index < -0.39 is 32.8 Å². The maximum atomic E-state index is 13.2. The molecule has 8 nitrogen and oxygen atoms in total. The minimum atomic E-state index is -3.63. The molecule has 3 unspecified atom stereocenters. The predicted molar refractivity (Wildman–Crippen MR) is 102 cm³/mol. The number of aldehydes is 1. The van der Waals surface area contributed by atoms with Gasteiger partial charge in [0.15, 0.2) is 21.9 Å². The highest BCUT2D eigenvalue weighted by molar-refractivity contribution is 7.90. The van der Waals surface area contributed by atoms with Gasteiger partial charge in [-0.15, -0.1) is 21.8 Å². The summed E-state index contributed by atoms with van der Waals surface area (Å²) in [5.74, 6) is -1.88. The van der Waals surface area contributed by atoms with Gasteiger partial charge in [-0.2, -0.15) is 4.80 Å². The Morgan fingerprint density at radius 2 is 2.14 bits per heavy atom. The molecule has 0 fully saturated rings. The van der Waals surface area contributed by atoms with Gasteiger partial charge in [0.2, 0.25) is 0 Å². The second kappa shape index (κ2) is 8.10. The van der Waals surface area contributed by atoms with Crippen LogP contribution in [0.2, 0.25) is 5.02 Å². The molecule has 0 spiro atoms. The van der Waals surface area contributed by atoms with Gasteiger partial charge in [-0.3, -0.25) is 4.79 Å². The van der Waals surface area contributed by atoms with Crippen LogP contribution in [-0.2, 0) is 21.2 Å². The Labute approximate surface area is 171 Å². The average Bonchev–Trinajstić information content (AvgIpc) is 3.14. The van der Waals surface area contributed by atoms with Crippen LogP contribution >= 0.6 is 23.2 Å². The van der Waals surface area contributed by atoms with Gasteiger partial charge in [-0.05, 0) is 23.8 Å². The molecule has 148 valence electrons. The third kappa shape index (κ3) is 4.01. The number of benzene rings is 1. The number of rotatable bonds is 6. The zero-order valence-corrected chi connectivity index (χ0v) is 17.0. The van der Waals surface area contributed by atoms with Crippen LogP contribution < -0.4 is 0 Å². The van der Waals surface area contributed by atoms with E-state index in [1.165, 1.54) is 18.5 Å². The number of alkyl halides is 1. The van der Waals surface area contributed by atoms with Gasteiger partial charge in [0, 0.05) is 28.7 Å². The van der Waals surface area contributed by atoms with Gasteiger partial charge in [0.25, 0.3) is 0 Å². The largest absolute Gasteiger partial charge is 0.303 e. The summed E-state index contributed by atoms with van der Waals surface area (Å²) in [6.07, 6.45) is 6.76.